The van der Waals surface area contributed by atoms with E-state index in [1.807, 2.05) is 43.5 Å². The van der Waals surface area contributed by atoms with Crippen LogP contribution in [0, 0.1) is 0 Å². The Morgan fingerprint density at radius 3 is 2.65 bits per heavy atom. The molecule has 1 aromatic heterocycles. The first-order valence-corrected chi connectivity index (χ1v) is 6.93. The molecule has 0 aliphatic rings. The predicted molar refractivity (Wildman–Crippen MR) is 80.7 cm³/mol. The van der Waals surface area contributed by atoms with E-state index in [0.717, 1.165) is 11.3 Å². The molecule has 1 unspecified atom stereocenters. The Kier molecular flexibility index (Phi) is 4.45. The molecule has 2 aromatic rings. The number of carbonyl (C=O) groups excluding carboxylic acids is 1. The molecule has 20 heavy (non-hydrogen) atoms. The third-order valence-electron chi connectivity index (χ3n) is 3.19. The molecular formula is C15H18ClN3O. The lowest BCUT2D eigenvalue weighted by molar-refractivity contribution is -0.132. The fourth-order valence-corrected chi connectivity index (χ4v) is 2.33. The van der Waals surface area contributed by atoms with Gasteiger partial charge in [0.15, 0.2) is 0 Å². The summed E-state index contributed by atoms with van der Waals surface area (Å²) in [6.07, 6.45) is 2.52. The molecule has 0 saturated heterocycles. The summed E-state index contributed by atoms with van der Waals surface area (Å²) in [6, 6.07) is 9.16. The Morgan fingerprint density at radius 1 is 1.35 bits per heavy atom. The maximum absolute atomic E-state index is 12.1. The van der Waals surface area contributed by atoms with Crippen molar-refractivity contribution in [3.63, 3.8) is 0 Å². The zero-order chi connectivity index (χ0) is 14.7. The molecule has 1 aromatic carbocycles. The number of hydrogen-bond acceptors (Lipinski definition) is 2. The zero-order valence-electron chi connectivity index (χ0n) is 11.9. The fourth-order valence-electron chi connectivity index (χ4n) is 2.10. The first kappa shape index (κ1) is 14.6. The number of halogens is 1. The van der Waals surface area contributed by atoms with Gasteiger partial charge < -0.3 is 4.90 Å². The van der Waals surface area contributed by atoms with Crippen LogP contribution in [0.4, 0.5) is 0 Å². The van der Waals surface area contributed by atoms with Crippen LogP contribution in [0.25, 0.3) is 11.3 Å². The van der Waals surface area contributed by atoms with Crippen molar-refractivity contribution < 1.29 is 4.79 Å². The number of rotatable bonds is 4. The molecule has 0 aliphatic carbocycles. The lowest BCUT2D eigenvalue weighted by atomic mass is 10.2. The molecule has 0 spiro atoms. The number of likely N-dealkylation sites (N-methyl/N-ethyl adjacent to an activating group) is 1. The topological polar surface area (TPSA) is 38.1 Å². The van der Waals surface area contributed by atoms with Crippen molar-refractivity contribution in [2.45, 2.75) is 19.4 Å². The molecule has 0 N–H and O–H groups in total. The van der Waals surface area contributed by atoms with Crippen molar-refractivity contribution in [3.8, 4) is 11.3 Å². The highest BCUT2D eigenvalue weighted by atomic mass is 35.5. The van der Waals surface area contributed by atoms with Gasteiger partial charge in [0.05, 0.1) is 10.7 Å². The summed E-state index contributed by atoms with van der Waals surface area (Å²) in [5, 5.41) is 5.16. The SMILES string of the molecule is CCC(C(=O)N(C)C)n1ccc(-c2ccccc2Cl)n1. The summed E-state index contributed by atoms with van der Waals surface area (Å²) in [5.41, 5.74) is 1.65. The van der Waals surface area contributed by atoms with Crippen molar-refractivity contribution in [2.75, 3.05) is 14.1 Å². The van der Waals surface area contributed by atoms with Crippen LogP contribution in [0.2, 0.25) is 5.02 Å². The summed E-state index contributed by atoms with van der Waals surface area (Å²) < 4.78 is 1.71. The number of aromatic nitrogens is 2. The van der Waals surface area contributed by atoms with Crippen molar-refractivity contribution >= 4 is 17.5 Å². The second-order valence-electron chi connectivity index (χ2n) is 4.82. The van der Waals surface area contributed by atoms with Crippen LogP contribution < -0.4 is 0 Å². The summed E-state index contributed by atoms with van der Waals surface area (Å²) in [6.45, 7) is 1.98. The van der Waals surface area contributed by atoms with Gasteiger partial charge in [-0.05, 0) is 18.6 Å². The summed E-state index contributed by atoms with van der Waals surface area (Å²) >= 11 is 6.17. The monoisotopic (exact) mass is 291 g/mol. The molecule has 1 amide bonds. The fraction of sp³-hybridized carbons (Fsp3) is 0.333. The van der Waals surface area contributed by atoms with Gasteiger partial charge in [0.25, 0.3) is 0 Å². The average Bonchev–Trinajstić information content (AvgIpc) is 2.89. The molecular weight excluding hydrogens is 274 g/mol. The van der Waals surface area contributed by atoms with E-state index in [4.69, 9.17) is 11.6 Å². The van der Waals surface area contributed by atoms with Gasteiger partial charge in [-0.1, -0.05) is 36.7 Å². The quantitative estimate of drug-likeness (QED) is 0.867. The Hall–Kier alpha value is -1.81. The van der Waals surface area contributed by atoms with E-state index < -0.39 is 0 Å². The largest absolute Gasteiger partial charge is 0.347 e. The van der Waals surface area contributed by atoms with Crippen LogP contribution in [0.1, 0.15) is 19.4 Å². The second kappa shape index (κ2) is 6.09. The number of hydrogen-bond donors (Lipinski definition) is 0. The molecule has 0 radical (unpaired) electrons. The Morgan fingerprint density at radius 2 is 2.05 bits per heavy atom. The van der Waals surface area contributed by atoms with Crippen LogP contribution in [-0.4, -0.2) is 34.7 Å². The van der Waals surface area contributed by atoms with Crippen molar-refractivity contribution in [3.05, 3.63) is 41.6 Å². The number of nitrogens with zero attached hydrogens (tertiary/aromatic N) is 3. The van der Waals surface area contributed by atoms with Gasteiger partial charge in [-0.25, -0.2) is 0 Å². The molecule has 2 rings (SSSR count). The van der Waals surface area contributed by atoms with E-state index in [9.17, 15) is 4.79 Å². The number of benzene rings is 1. The van der Waals surface area contributed by atoms with Gasteiger partial charge in [0, 0.05) is 25.9 Å². The van der Waals surface area contributed by atoms with E-state index in [0.29, 0.717) is 11.4 Å². The van der Waals surface area contributed by atoms with E-state index in [1.165, 1.54) is 0 Å². The Balaban J connectivity index is 2.33. The van der Waals surface area contributed by atoms with E-state index >= 15 is 0 Å². The van der Waals surface area contributed by atoms with Gasteiger partial charge in [0.2, 0.25) is 5.91 Å². The van der Waals surface area contributed by atoms with E-state index in [-0.39, 0.29) is 11.9 Å². The molecule has 0 aliphatic heterocycles. The minimum Gasteiger partial charge on any atom is -0.347 e. The zero-order valence-corrected chi connectivity index (χ0v) is 12.6. The maximum atomic E-state index is 12.1. The van der Waals surface area contributed by atoms with E-state index in [2.05, 4.69) is 5.10 Å². The molecule has 106 valence electrons. The second-order valence-corrected chi connectivity index (χ2v) is 5.22. The standard InChI is InChI=1S/C15H18ClN3O/c1-4-14(15(20)18(2)3)19-10-9-13(17-19)11-7-5-6-8-12(11)16/h5-10,14H,4H2,1-3H3. The van der Waals surface area contributed by atoms with Crippen LogP contribution in [0.3, 0.4) is 0 Å². The van der Waals surface area contributed by atoms with Gasteiger partial charge in [-0.3, -0.25) is 9.48 Å². The van der Waals surface area contributed by atoms with E-state index in [1.54, 1.807) is 23.7 Å². The molecule has 0 fully saturated rings. The molecule has 1 atom stereocenters. The van der Waals surface area contributed by atoms with Gasteiger partial charge in [0.1, 0.15) is 6.04 Å². The lowest BCUT2D eigenvalue weighted by Gasteiger charge is -2.19. The third-order valence-corrected chi connectivity index (χ3v) is 3.52. The predicted octanol–water partition coefficient (Wildman–Crippen LogP) is 3.24. The van der Waals surface area contributed by atoms with Crippen molar-refractivity contribution in [1.29, 1.82) is 0 Å². The smallest absolute Gasteiger partial charge is 0.246 e. The third kappa shape index (κ3) is 2.85. The van der Waals surface area contributed by atoms with Crippen molar-refractivity contribution in [1.82, 2.24) is 14.7 Å². The average molecular weight is 292 g/mol. The maximum Gasteiger partial charge on any atom is 0.246 e. The lowest BCUT2D eigenvalue weighted by Crippen LogP contribution is -2.31. The van der Waals surface area contributed by atoms with Crippen molar-refractivity contribution in [2.24, 2.45) is 0 Å². The molecule has 1 heterocycles. The first-order chi connectivity index (χ1) is 9.54. The minimum atomic E-state index is -0.277. The van der Waals surface area contributed by atoms with Crippen LogP contribution in [0.5, 0.6) is 0 Å². The highest BCUT2D eigenvalue weighted by molar-refractivity contribution is 6.33. The Bertz CT molecular complexity index is 607. The Labute approximate surface area is 124 Å². The summed E-state index contributed by atoms with van der Waals surface area (Å²) in [4.78, 5) is 13.7. The number of carbonyl (C=O) groups is 1. The minimum absolute atomic E-state index is 0.0429. The van der Waals surface area contributed by atoms with Crippen LogP contribution in [-0.2, 0) is 4.79 Å². The molecule has 5 heteroatoms. The van der Waals surface area contributed by atoms with Crippen LogP contribution in [0.15, 0.2) is 36.5 Å². The molecule has 0 saturated carbocycles. The van der Waals surface area contributed by atoms with Gasteiger partial charge in [-0.15, -0.1) is 0 Å². The highest BCUT2D eigenvalue weighted by Crippen LogP contribution is 2.26. The normalized spacial score (nSPS) is 12.2. The summed E-state index contributed by atoms with van der Waals surface area (Å²) in [5.74, 6) is 0.0429. The van der Waals surface area contributed by atoms with Gasteiger partial charge in [-0.2, -0.15) is 5.10 Å². The molecule has 4 nitrogen and oxygen atoms in total. The number of amides is 1. The first-order valence-electron chi connectivity index (χ1n) is 6.55. The van der Waals surface area contributed by atoms with Gasteiger partial charge >= 0.3 is 0 Å². The molecule has 0 bridgehead atoms. The summed E-state index contributed by atoms with van der Waals surface area (Å²) in [7, 11) is 3.51. The van der Waals surface area contributed by atoms with Crippen LogP contribution >= 0.6 is 11.6 Å². The highest BCUT2D eigenvalue weighted by Gasteiger charge is 2.21.